The third-order valence-corrected chi connectivity index (χ3v) is 4.34. The van der Waals surface area contributed by atoms with Crippen molar-refractivity contribution in [3.63, 3.8) is 0 Å². The smallest absolute Gasteiger partial charge is 0.449 e. The lowest BCUT2D eigenvalue weighted by Gasteiger charge is -2.27. The molecule has 0 fully saturated rings. The van der Waals surface area contributed by atoms with E-state index in [1.54, 1.807) is 36.4 Å². The molecule has 0 unspecified atom stereocenters. The molecule has 0 aliphatic heterocycles. The van der Waals surface area contributed by atoms with Crippen molar-refractivity contribution in [1.29, 1.82) is 0 Å². The summed E-state index contributed by atoms with van der Waals surface area (Å²) in [5.41, 5.74) is -2.36. The summed E-state index contributed by atoms with van der Waals surface area (Å²) in [5.74, 6) is -1.38. The molecule has 30 heavy (non-hydrogen) atoms. The summed E-state index contributed by atoms with van der Waals surface area (Å²) < 4.78 is 5.19. The fourth-order valence-corrected chi connectivity index (χ4v) is 2.94. The van der Waals surface area contributed by atoms with Crippen molar-refractivity contribution in [1.82, 2.24) is 9.97 Å². The maximum atomic E-state index is 13.1. The highest BCUT2D eigenvalue weighted by atomic mass is 16.7. The molecular weight excluding hydrogens is 394 g/mol. The Morgan fingerprint density at radius 2 is 1.70 bits per heavy atom. The number of ether oxygens (including phenoxy) is 1. The van der Waals surface area contributed by atoms with Gasteiger partial charge in [-0.3, -0.25) is 10.1 Å². The molecule has 0 aliphatic rings. The number of imidazole rings is 1. The first-order valence-electron chi connectivity index (χ1n) is 8.78. The number of carbonyl (C=O) groups is 1. The highest BCUT2D eigenvalue weighted by Gasteiger charge is 2.65. The first-order chi connectivity index (χ1) is 14.4. The van der Waals surface area contributed by atoms with Crippen LogP contribution >= 0.6 is 0 Å². The number of nitro groups is 2. The van der Waals surface area contributed by atoms with Gasteiger partial charge in [0.1, 0.15) is 12.3 Å². The van der Waals surface area contributed by atoms with Crippen LogP contribution in [0.1, 0.15) is 11.3 Å². The number of nitrogens with zero attached hydrogens (tertiary/aromatic N) is 4. The number of aromatic amines is 1. The van der Waals surface area contributed by atoms with Gasteiger partial charge >= 0.3 is 11.6 Å². The number of para-hydroxylation sites is 1. The zero-order valence-corrected chi connectivity index (χ0v) is 15.6. The number of carbonyl (C=O) groups excluding carboxylic acids is 1. The van der Waals surface area contributed by atoms with Gasteiger partial charge in [0.05, 0.1) is 23.4 Å². The zero-order chi connectivity index (χ0) is 21.6. The van der Waals surface area contributed by atoms with Crippen LogP contribution in [-0.2, 0) is 22.6 Å². The Morgan fingerprint density at radius 3 is 2.23 bits per heavy atom. The molecule has 0 spiro atoms. The van der Waals surface area contributed by atoms with E-state index in [1.807, 2.05) is 0 Å². The average Bonchev–Trinajstić information content (AvgIpc) is 3.25. The van der Waals surface area contributed by atoms with E-state index in [1.165, 1.54) is 36.8 Å². The minimum atomic E-state index is -2.88. The zero-order valence-electron chi connectivity index (χ0n) is 15.6. The number of rotatable bonds is 9. The van der Waals surface area contributed by atoms with Crippen LogP contribution in [0.3, 0.4) is 0 Å². The van der Waals surface area contributed by atoms with Crippen LogP contribution < -0.4 is 5.01 Å². The summed E-state index contributed by atoms with van der Waals surface area (Å²) in [6.45, 7) is -0.282. The second-order valence-electron chi connectivity index (χ2n) is 6.26. The number of aromatic nitrogens is 2. The van der Waals surface area contributed by atoms with Crippen molar-refractivity contribution in [2.45, 2.75) is 18.7 Å². The lowest BCUT2D eigenvalue weighted by molar-refractivity contribution is -0.624. The Morgan fingerprint density at radius 1 is 1.07 bits per heavy atom. The summed E-state index contributed by atoms with van der Waals surface area (Å²) in [4.78, 5) is 42.8. The number of hydrogen-bond acceptors (Lipinski definition) is 7. The molecule has 3 rings (SSSR count). The summed E-state index contributed by atoms with van der Waals surface area (Å²) in [7, 11) is 0. The van der Waals surface area contributed by atoms with E-state index in [4.69, 9.17) is 4.74 Å². The number of hydrazine groups is 1. The van der Waals surface area contributed by atoms with Crippen LogP contribution in [0.2, 0.25) is 0 Å². The van der Waals surface area contributed by atoms with Crippen molar-refractivity contribution in [3.8, 4) is 0 Å². The highest BCUT2D eigenvalue weighted by molar-refractivity contribution is 5.83. The molecule has 0 saturated heterocycles. The molecule has 1 heterocycles. The monoisotopic (exact) mass is 411 g/mol. The minimum absolute atomic E-state index is 0.0890. The third kappa shape index (κ3) is 4.09. The molecule has 0 bridgehead atoms. The molecule has 1 N–H and O–H groups in total. The normalized spacial score (nSPS) is 12.5. The van der Waals surface area contributed by atoms with Gasteiger partial charge < -0.3 is 9.72 Å². The van der Waals surface area contributed by atoms with E-state index in [2.05, 4.69) is 9.97 Å². The maximum absolute atomic E-state index is 13.1. The summed E-state index contributed by atoms with van der Waals surface area (Å²) in [6.07, 6.45) is 1.90. The van der Waals surface area contributed by atoms with E-state index in [9.17, 15) is 25.0 Å². The lowest BCUT2D eigenvalue weighted by Crippen LogP contribution is -2.64. The molecule has 0 aliphatic carbocycles. The number of anilines is 1. The Balaban J connectivity index is 2.07. The maximum Gasteiger partial charge on any atom is 0.449 e. The lowest BCUT2D eigenvalue weighted by atomic mass is 10.0. The van der Waals surface area contributed by atoms with E-state index in [0.29, 0.717) is 5.56 Å². The molecule has 11 heteroatoms. The first-order valence-corrected chi connectivity index (χ1v) is 8.78. The molecule has 0 radical (unpaired) electrons. The largest absolute Gasteiger partial charge is 0.454 e. The quantitative estimate of drug-likeness (QED) is 0.244. The van der Waals surface area contributed by atoms with E-state index >= 15 is 0 Å². The average molecular weight is 411 g/mol. The molecule has 0 saturated carbocycles. The number of nitrogens with one attached hydrogen (secondary N) is 1. The standard InChI is InChI=1S/C19H17N5O6/c25-18(30-13-15-7-3-1-4-8-15)19(23(26)27,11-16-12-20-14-21-16)22(24(28)29)17-9-5-2-6-10-17/h1-10,12,14H,11,13H2,(H,20,21)/t19-/m1/s1. The summed E-state index contributed by atoms with van der Waals surface area (Å²) >= 11 is 0. The van der Waals surface area contributed by atoms with Crippen molar-refractivity contribution < 1.29 is 19.5 Å². The fraction of sp³-hybridized carbons (Fsp3) is 0.158. The van der Waals surface area contributed by atoms with Crippen molar-refractivity contribution in [2.24, 2.45) is 0 Å². The topological polar surface area (TPSA) is 145 Å². The minimum Gasteiger partial charge on any atom is -0.454 e. The van der Waals surface area contributed by atoms with Gasteiger partial charge in [0.15, 0.2) is 5.03 Å². The SMILES string of the molecule is O=C(OCc1ccccc1)[C@](Cc1c[nH]cn1)(N(c1ccccc1)[N+](=O)[O-])[N+](=O)[O-]. The van der Waals surface area contributed by atoms with Crippen LogP contribution in [0.5, 0.6) is 0 Å². The Kier molecular flexibility index (Phi) is 6.01. The van der Waals surface area contributed by atoms with Gasteiger partial charge in [-0.25, -0.2) is 19.9 Å². The molecule has 154 valence electrons. The van der Waals surface area contributed by atoms with Crippen LogP contribution in [0, 0.1) is 20.2 Å². The number of esters is 1. The fourth-order valence-electron chi connectivity index (χ4n) is 2.94. The van der Waals surface area contributed by atoms with Crippen LogP contribution in [0.4, 0.5) is 5.69 Å². The van der Waals surface area contributed by atoms with Gasteiger partial charge in [-0.1, -0.05) is 48.5 Å². The second-order valence-corrected chi connectivity index (χ2v) is 6.26. The Bertz CT molecular complexity index is 1010. The highest BCUT2D eigenvalue weighted by Crippen LogP contribution is 2.30. The molecule has 1 aromatic heterocycles. The van der Waals surface area contributed by atoms with Gasteiger partial charge in [-0.05, 0) is 22.7 Å². The number of benzene rings is 2. The van der Waals surface area contributed by atoms with Gasteiger partial charge in [-0.15, -0.1) is 0 Å². The van der Waals surface area contributed by atoms with Crippen molar-refractivity contribution >= 4 is 11.7 Å². The molecule has 0 amide bonds. The molecule has 11 nitrogen and oxygen atoms in total. The van der Waals surface area contributed by atoms with Gasteiger partial charge in [0, 0.05) is 6.20 Å². The van der Waals surface area contributed by atoms with E-state index < -0.39 is 28.0 Å². The van der Waals surface area contributed by atoms with Crippen LogP contribution in [0.15, 0.2) is 73.2 Å². The Hall–Kier alpha value is -4.28. The van der Waals surface area contributed by atoms with Gasteiger partial charge in [0.2, 0.25) is 0 Å². The predicted molar refractivity (Wildman–Crippen MR) is 104 cm³/mol. The molecule has 3 aromatic rings. The molecular formula is C19H17N5O6. The van der Waals surface area contributed by atoms with E-state index in [-0.39, 0.29) is 23.0 Å². The number of H-pyrrole nitrogens is 1. The first kappa shape index (κ1) is 20.5. The third-order valence-electron chi connectivity index (χ3n) is 4.34. The van der Waals surface area contributed by atoms with Gasteiger partial charge in [0.25, 0.3) is 0 Å². The molecule has 1 atom stereocenters. The second kappa shape index (κ2) is 8.82. The summed E-state index contributed by atoms with van der Waals surface area (Å²) in [5, 5.41) is 23.4. The van der Waals surface area contributed by atoms with Crippen molar-refractivity contribution in [2.75, 3.05) is 5.01 Å². The van der Waals surface area contributed by atoms with Crippen molar-refractivity contribution in [3.05, 3.63) is 105 Å². The predicted octanol–water partition coefficient (Wildman–Crippen LogP) is 2.37. The van der Waals surface area contributed by atoms with E-state index in [0.717, 1.165) is 0 Å². The van der Waals surface area contributed by atoms with Crippen LogP contribution in [0.25, 0.3) is 0 Å². The van der Waals surface area contributed by atoms with Gasteiger partial charge in [-0.2, -0.15) is 0 Å². The molecule has 2 aromatic carbocycles. The van der Waals surface area contributed by atoms with Crippen LogP contribution in [-0.4, -0.2) is 31.6 Å². The summed E-state index contributed by atoms with van der Waals surface area (Å²) in [6, 6.07) is 15.6. The number of hydrogen-bond donors (Lipinski definition) is 1. The Labute approximate surface area is 170 Å².